The number of esters is 1. The first-order valence-corrected chi connectivity index (χ1v) is 6.56. The van der Waals surface area contributed by atoms with E-state index in [9.17, 15) is 4.79 Å². The number of hydrogen-bond donors (Lipinski definition) is 1. The predicted molar refractivity (Wildman–Crippen MR) is 81.0 cm³/mol. The van der Waals surface area contributed by atoms with Crippen LogP contribution in [0.15, 0.2) is 42.5 Å². The number of nitrogens with zero attached hydrogens (tertiary/aromatic N) is 1. The Labute approximate surface area is 124 Å². The first-order chi connectivity index (χ1) is 10.2. The van der Waals surface area contributed by atoms with Crippen LogP contribution in [-0.4, -0.2) is 13.1 Å². The predicted octanol–water partition coefficient (Wildman–Crippen LogP) is 3.27. The molecule has 0 aromatic heterocycles. The van der Waals surface area contributed by atoms with E-state index in [0.717, 1.165) is 16.8 Å². The maximum absolute atomic E-state index is 11.7. The molecule has 0 spiro atoms. The topological polar surface area (TPSA) is 62.1 Å². The zero-order valence-corrected chi connectivity index (χ0v) is 12.0. The minimum Gasteiger partial charge on any atom is -0.465 e. The highest BCUT2D eigenvalue weighted by Gasteiger charge is 2.11. The van der Waals surface area contributed by atoms with E-state index in [4.69, 9.17) is 10.00 Å². The van der Waals surface area contributed by atoms with Crippen LogP contribution >= 0.6 is 0 Å². The van der Waals surface area contributed by atoms with E-state index in [1.807, 2.05) is 31.2 Å². The molecule has 0 fully saturated rings. The number of benzene rings is 2. The van der Waals surface area contributed by atoms with E-state index in [1.165, 1.54) is 7.11 Å². The zero-order chi connectivity index (χ0) is 15.2. The average Bonchev–Trinajstić information content (AvgIpc) is 2.53. The fourth-order valence-electron chi connectivity index (χ4n) is 2.05. The van der Waals surface area contributed by atoms with Gasteiger partial charge in [-0.1, -0.05) is 18.2 Å². The Morgan fingerprint density at radius 1 is 1.24 bits per heavy atom. The normalized spacial score (nSPS) is 9.76. The fraction of sp³-hybridized carbons (Fsp3) is 0.176. The van der Waals surface area contributed by atoms with Gasteiger partial charge in [0.1, 0.15) is 0 Å². The molecule has 0 radical (unpaired) electrons. The number of carbonyl (C=O) groups excluding carboxylic acids is 1. The number of rotatable bonds is 4. The molecule has 0 amide bonds. The number of nitrogens with one attached hydrogen (secondary N) is 1. The summed E-state index contributed by atoms with van der Waals surface area (Å²) >= 11 is 0. The average molecular weight is 280 g/mol. The number of anilines is 1. The highest BCUT2D eigenvalue weighted by atomic mass is 16.5. The largest absolute Gasteiger partial charge is 0.465 e. The minimum atomic E-state index is -0.338. The third-order valence-electron chi connectivity index (χ3n) is 3.31. The van der Waals surface area contributed by atoms with Crippen molar-refractivity contribution in [1.29, 1.82) is 5.26 Å². The number of nitriles is 1. The summed E-state index contributed by atoms with van der Waals surface area (Å²) in [7, 11) is 1.37. The van der Waals surface area contributed by atoms with Gasteiger partial charge in [-0.3, -0.25) is 0 Å². The van der Waals surface area contributed by atoms with Gasteiger partial charge in [-0.05, 0) is 42.3 Å². The van der Waals surface area contributed by atoms with Crippen LogP contribution in [0.4, 0.5) is 5.69 Å². The molecule has 2 rings (SSSR count). The quantitative estimate of drug-likeness (QED) is 0.873. The molecule has 2 aromatic carbocycles. The summed E-state index contributed by atoms with van der Waals surface area (Å²) < 4.78 is 4.76. The van der Waals surface area contributed by atoms with Crippen molar-refractivity contribution in [3.05, 3.63) is 64.7 Å². The molecule has 2 aromatic rings. The van der Waals surface area contributed by atoms with E-state index >= 15 is 0 Å². The fourth-order valence-corrected chi connectivity index (χ4v) is 2.05. The van der Waals surface area contributed by atoms with Crippen molar-refractivity contribution in [3.8, 4) is 6.07 Å². The van der Waals surface area contributed by atoms with E-state index in [0.29, 0.717) is 17.7 Å². The van der Waals surface area contributed by atoms with Crippen LogP contribution in [-0.2, 0) is 11.3 Å². The molecular weight excluding hydrogens is 264 g/mol. The lowest BCUT2D eigenvalue weighted by Gasteiger charge is -2.12. The molecule has 0 atom stereocenters. The van der Waals surface area contributed by atoms with E-state index in [2.05, 4.69) is 11.4 Å². The number of carbonyl (C=O) groups is 1. The second kappa shape index (κ2) is 6.58. The molecule has 0 aliphatic heterocycles. The van der Waals surface area contributed by atoms with E-state index in [1.54, 1.807) is 18.2 Å². The van der Waals surface area contributed by atoms with Crippen LogP contribution in [0.5, 0.6) is 0 Å². The van der Waals surface area contributed by atoms with Gasteiger partial charge in [0.25, 0.3) is 0 Å². The summed E-state index contributed by atoms with van der Waals surface area (Å²) in [6, 6.07) is 15.0. The first-order valence-electron chi connectivity index (χ1n) is 6.56. The second-order valence-electron chi connectivity index (χ2n) is 4.63. The van der Waals surface area contributed by atoms with Crippen LogP contribution < -0.4 is 5.32 Å². The molecule has 4 heteroatoms. The molecule has 0 saturated heterocycles. The second-order valence-corrected chi connectivity index (χ2v) is 4.63. The standard InChI is InChI=1S/C17H16N2O2/c1-12-15(17(20)21-2)4-3-5-16(12)19-11-14-8-6-13(10-18)7-9-14/h3-9,19H,11H2,1-2H3. The summed E-state index contributed by atoms with van der Waals surface area (Å²) in [6.07, 6.45) is 0. The Kier molecular flexibility index (Phi) is 4.57. The smallest absolute Gasteiger partial charge is 0.338 e. The Morgan fingerprint density at radius 3 is 2.57 bits per heavy atom. The maximum atomic E-state index is 11.7. The summed E-state index contributed by atoms with van der Waals surface area (Å²) in [5.74, 6) is -0.338. The molecule has 0 unspecified atom stereocenters. The van der Waals surface area contributed by atoms with Crippen molar-refractivity contribution in [2.24, 2.45) is 0 Å². The first kappa shape index (κ1) is 14.6. The van der Waals surface area contributed by atoms with Crippen LogP contribution in [0.1, 0.15) is 27.0 Å². The molecule has 0 saturated carbocycles. The highest BCUT2D eigenvalue weighted by molar-refractivity contribution is 5.92. The minimum absolute atomic E-state index is 0.338. The maximum Gasteiger partial charge on any atom is 0.338 e. The van der Waals surface area contributed by atoms with Crippen molar-refractivity contribution in [3.63, 3.8) is 0 Å². The van der Waals surface area contributed by atoms with Crippen LogP contribution in [0, 0.1) is 18.3 Å². The molecule has 1 N–H and O–H groups in total. The van der Waals surface area contributed by atoms with Crippen LogP contribution in [0.2, 0.25) is 0 Å². The number of ether oxygens (including phenoxy) is 1. The van der Waals surface area contributed by atoms with Gasteiger partial charge in [-0.2, -0.15) is 5.26 Å². The Morgan fingerprint density at radius 2 is 1.95 bits per heavy atom. The molecule has 0 bridgehead atoms. The zero-order valence-electron chi connectivity index (χ0n) is 12.0. The van der Waals surface area contributed by atoms with Gasteiger partial charge in [-0.15, -0.1) is 0 Å². The summed E-state index contributed by atoms with van der Waals surface area (Å²) in [5.41, 5.74) is 4.02. The summed E-state index contributed by atoms with van der Waals surface area (Å²) in [4.78, 5) is 11.7. The number of hydrogen-bond acceptors (Lipinski definition) is 4. The lowest BCUT2D eigenvalue weighted by atomic mass is 10.1. The summed E-state index contributed by atoms with van der Waals surface area (Å²) in [5, 5.41) is 12.1. The SMILES string of the molecule is COC(=O)c1cccc(NCc2ccc(C#N)cc2)c1C. The molecular formula is C17H16N2O2. The molecule has 0 heterocycles. The van der Waals surface area contributed by atoms with Crippen LogP contribution in [0.25, 0.3) is 0 Å². The monoisotopic (exact) mass is 280 g/mol. The van der Waals surface area contributed by atoms with Gasteiger partial charge in [0.05, 0.1) is 24.3 Å². The van der Waals surface area contributed by atoms with E-state index in [-0.39, 0.29) is 5.97 Å². The van der Waals surface area contributed by atoms with Crippen molar-refractivity contribution >= 4 is 11.7 Å². The van der Waals surface area contributed by atoms with Crippen molar-refractivity contribution in [2.75, 3.05) is 12.4 Å². The number of methoxy groups -OCH3 is 1. The van der Waals surface area contributed by atoms with Crippen LogP contribution in [0.3, 0.4) is 0 Å². The van der Waals surface area contributed by atoms with Gasteiger partial charge in [0.2, 0.25) is 0 Å². The van der Waals surface area contributed by atoms with Crippen molar-refractivity contribution < 1.29 is 9.53 Å². The third kappa shape index (κ3) is 3.40. The van der Waals surface area contributed by atoms with Gasteiger partial charge in [0, 0.05) is 12.2 Å². The summed E-state index contributed by atoms with van der Waals surface area (Å²) in [6.45, 7) is 2.50. The van der Waals surface area contributed by atoms with E-state index < -0.39 is 0 Å². The molecule has 21 heavy (non-hydrogen) atoms. The molecule has 0 aliphatic carbocycles. The van der Waals surface area contributed by atoms with Crippen molar-refractivity contribution in [1.82, 2.24) is 0 Å². The third-order valence-corrected chi connectivity index (χ3v) is 3.31. The lowest BCUT2D eigenvalue weighted by molar-refractivity contribution is 0.0600. The molecule has 4 nitrogen and oxygen atoms in total. The van der Waals surface area contributed by atoms with Gasteiger partial charge < -0.3 is 10.1 Å². The molecule has 106 valence electrons. The Balaban J connectivity index is 2.13. The molecule has 0 aliphatic rings. The Hall–Kier alpha value is -2.80. The highest BCUT2D eigenvalue weighted by Crippen LogP contribution is 2.20. The van der Waals surface area contributed by atoms with Crippen molar-refractivity contribution in [2.45, 2.75) is 13.5 Å². The lowest BCUT2D eigenvalue weighted by Crippen LogP contribution is -2.07. The van der Waals surface area contributed by atoms with Gasteiger partial charge >= 0.3 is 5.97 Å². The Bertz CT molecular complexity index is 685. The van der Waals surface area contributed by atoms with Gasteiger partial charge in [0.15, 0.2) is 0 Å². The van der Waals surface area contributed by atoms with Gasteiger partial charge in [-0.25, -0.2) is 4.79 Å².